The molecule has 2 aromatic carbocycles. The number of carboxylic acids is 1. The van der Waals surface area contributed by atoms with E-state index in [0.29, 0.717) is 17.4 Å². The van der Waals surface area contributed by atoms with Crippen LogP contribution in [0.4, 0.5) is 0 Å². The minimum Gasteiger partial charge on any atom is -0.478 e. The summed E-state index contributed by atoms with van der Waals surface area (Å²) in [6.07, 6.45) is 5.69. The van der Waals surface area contributed by atoms with Gasteiger partial charge in [-0.3, -0.25) is 0 Å². The summed E-state index contributed by atoms with van der Waals surface area (Å²) in [6, 6.07) is 12.1. The first-order valence-corrected chi connectivity index (χ1v) is 12.1. The average molecular weight is 433 g/mol. The molecule has 0 spiro atoms. The second-order valence-corrected chi connectivity index (χ2v) is 11.0. The van der Waals surface area contributed by atoms with Gasteiger partial charge in [-0.1, -0.05) is 85.2 Å². The van der Waals surface area contributed by atoms with Crippen LogP contribution in [0.1, 0.15) is 106 Å². The molecule has 2 nitrogen and oxygen atoms in total. The van der Waals surface area contributed by atoms with Crippen molar-refractivity contribution in [2.24, 2.45) is 11.8 Å². The Hall–Kier alpha value is -2.35. The van der Waals surface area contributed by atoms with Crippen molar-refractivity contribution in [3.63, 3.8) is 0 Å². The fraction of sp³-hybridized carbons (Fsp3) is 0.500. The van der Waals surface area contributed by atoms with Crippen LogP contribution >= 0.6 is 0 Å². The van der Waals surface area contributed by atoms with Gasteiger partial charge in [0.15, 0.2) is 0 Å². The van der Waals surface area contributed by atoms with E-state index in [9.17, 15) is 9.90 Å². The molecular formula is C30H40O2. The van der Waals surface area contributed by atoms with E-state index in [2.05, 4.69) is 73.6 Å². The first kappa shape index (κ1) is 24.3. The van der Waals surface area contributed by atoms with E-state index in [4.69, 9.17) is 0 Å². The first-order chi connectivity index (χ1) is 14.9. The highest BCUT2D eigenvalue weighted by atomic mass is 16.4. The van der Waals surface area contributed by atoms with E-state index in [1.54, 1.807) is 12.1 Å². The van der Waals surface area contributed by atoms with Gasteiger partial charge in [0.05, 0.1) is 5.56 Å². The molecule has 0 aromatic heterocycles. The second kappa shape index (κ2) is 8.89. The Bertz CT molecular complexity index is 1020. The number of fused-ring (bicyclic) bond motifs is 1. The van der Waals surface area contributed by atoms with Crippen molar-refractivity contribution in [2.75, 3.05) is 0 Å². The van der Waals surface area contributed by atoms with Crippen molar-refractivity contribution in [2.45, 2.75) is 85.5 Å². The van der Waals surface area contributed by atoms with Crippen molar-refractivity contribution in [1.29, 1.82) is 0 Å². The zero-order valence-electron chi connectivity index (χ0n) is 21.2. The average Bonchev–Trinajstić information content (AvgIpc) is 2.88. The lowest BCUT2D eigenvalue weighted by Gasteiger charge is -2.32. The number of rotatable bonds is 7. The molecule has 0 radical (unpaired) electrons. The number of hydrogen-bond donors (Lipinski definition) is 1. The van der Waals surface area contributed by atoms with Crippen molar-refractivity contribution >= 4 is 17.6 Å². The molecular weight excluding hydrogens is 392 g/mol. The van der Waals surface area contributed by atoms with Crippen LogP contribution in [0.15, 0.2) is 36.4 Å². The molecule has 2 aromatic rings. The maximum Gasteiger partial charge on any atom is 0.335 e. The van der Waals surface area contributed by atoms with Gasteiger partial charge in [-0.2, -0.15) is 0 Å². The Morgan fingerprint density at radius 2 is 1.62 bits per heavy atom. The van der Waals surface area contributed by atoms with Crippen LogP contribution in [-0.2, 0) is 17.3 Å². The van der Waals surface area contributed by atoms with E-state index in [0.717, 1.165) is 12.0 Å². The lowest BCUT2D eigenvalue weighted by atomic mass is 9.71. The molecule has 2 heteroatoms. The van der Waals surface area contributed by atoms with E-state index < -0.39 is 5.97 Å². The third kappa shape index (κ3) is 4.42. The summed E-state index contributed by atoms with van der Waals surface area (Å²) in [5.41, 5.74) is 8.66. The summed E-state index contributed by atoms with van der Waals surface area (Å²) in [7, 11) is 0. The van der Waals surface area contributed by atoms with E-state index >= 15 is 0 Å². The Morgan fingerprint density at radius 3 is 2.16 bits per heavy atom. The zero-order chi connectivity index (χ0) is 23.8. The molecule has 0 saturated carbocycles. The number of carbonyl (C=O) groups is 1. The molecule has 0 heterocycles. The maximum atomic E-state index is 11.2. The molecule has 3 rings (SSSR count). The van der Waals surface area contributed by atoms with Crippen LogP contribution in [0.25, 0.3) is 11.6 Å². The molecule has 0 fully saturated rings. The van der Waals surface area contributed by atoms with Crippen molar-refractivity contribution in [3.8, 4) is 0 Å². The Balaban J connectivity index is 2.10. The van der Waals surface area contributed by atoms with E-state index in [1.165, 1.54) is 40.7 Å². The number of carboxylic acid groups (broad SMARTS) is 1. The predicted molar refractivity (Wildman–Crippen MR) is 136 cm³/mol. The lowest BCUT2D eigenvalue weighted by Crippen LogP contribution is -2.30. The standard InChI is InChI=1S/C30H40O2/c1-9-19(2)10-13-24-17-26-27(30(7,8)21(4)29(26,5)6)18-25(24)20(3)16-22-11-14-23(15-12-22)28(31)32/h11-12,14-19,21H,9-10,13H2,1-8H3,(H,31,32)/b20-16+. The predicted octanol–water partition coefficient (Wildman–Crippen LogP) is 8.13. The summed E-state index contributed by atoms with van der Waals surface area (Å²) in [5.74, 6) is 0.394. The van der Waals surface area contributed by atoms with Crippen molar-refractivity contribution in [1.82, 2.24) is 0 Å². The van der Waals surface area contributed by atoms with Crippen molar-refractivity contribution < 1.29 is 9.90 Å². The molecule has 172 valence electrons. The number of hydrogen-bond acceptors (Lipinski definition) is 1. The third-order valence-electron chi connectivity index (χ3n) is 8.37. The third-order valence-corrected chi connectivity index (χ3v) is 8.37. The number of aromatic carboxylic acids is 1. The van der Waals surface area contributed by atoms with Gasteiger partial charge in [-0.25, -0.2) is 4.79 Å². The van der Waals surface area contributed by atoms with Gasteiger partial charge in [0, 0.05) is 0 Å². The lowest BCUT2D eigenvalue weighted by molar-refractivity contribution is 0.0697. The molecule has 32 heavy (non-hydrogen) atoms. The molecule has 1 aliphatic rings. The number of allylic oxidation sites excluding steroid dienone is 1. The smallest absolute Gasteiger partial charge is 0.335 e. The molecule has 0 aliphatic heterocycles. The van der Waals surface area contributed by atoms with E-state index in [1.807, 2.05) is 12.1 Å². The first-order valence-electron chi connectivity index (χ1n) is 12.1. The monoisotopic (exact) mass is 432 g/mol. The van der Waals surface area contributed by atoms with Crippen LogP contribution in [0.2, 0.25) is 0 Å². The normalized spacial score (nSPS) is 20.1. The van der Waals surface area contributed by atoms with Gasteiger partial charge >= 0.3 is 5.97 Å². The van der Waals surface area contributed by atoms with Crippen LogP contribution in [0.3, 0.4) is 0 Å². The largest absolute Gasteiger partial charge is 0.478 e. The SMILES string of the molecule is CCC(C)CCc1cc2c(cc1/C(C)=C/c1ccc(C(=O)O)cc1)C(C)(C)C(C)C2(C)C. The highest BCUT2D eigenvalue weighted by molar-refractivity contribution is 5.88. The summed E-state index contributed by atoms with van der Waals surface area (Å²) in [6.45, 7) is 18.8. The Labute approximate surface area is 194 Å². The van der Waals surface area contributed by atoms with Crippen LogP contribution in [0.5, 0.6) is 0 Å². The topological polar surface area (TPSA) is 37.3 Å². The van der Waals surface area contributed by atoms with Crippen LogP contribution in [0, 0.1) is 11.8 Å². The minimum absolute atomic E-state index is 0.131. The highest BCUT2D eigenvalue weighted by Crippen LogP contribution is 2.54. The van der Waals surface area contributed by atoms with Gasteiger partial charge in [0.25, 0.3) is 0 Å². The summed E-state index contributed by atoms with van der Waals surface area (Å²) >= 11 is 0. The highest BCUT2D eigenvalue weighted by Gasteiger charge is 2.48. The zero-order valence-corrected chi connectivity index (χ0v) is 21.2. The quantitative estimate of drug-likeness (QED) is 0.448. The fourth-order valence-corrected chi connectivity index (χ4v) is 5.31. The Kier molecular flexibility index (Phi) is 6.75. The van der Waals surface area contributed by atoms with Gasteiger partial charge in [0.2, 0.25) is 0 Å². The minimum atomic E-state index is -0.887. The molecule has 2 atom stereocenters. The molecule has 0 bridgehead atoms. The fourth-order valence-electron chi connectivity index (χ4n) is 5.31. The summed E-state index contributed by atoms with van der Waals surface area (Å²) in [5, 5.41) is 9.18. The molecule has 0 amide bonds. The van der Waals surface area contributed by atoms with Gasteiger partial charge < -0.3 is 5.11 Å². The maximum absolute atomic E-state index is 11.2. The molecule has 2 unspecified atom stereocenters. The van der Waals surface area contributed by atoms with Crippen LogP contribution in [-0.4, -0.2) is 11.1 Å². The molecule has 0 saturated heterocycles. The van der Waals surface area contributed by atoms with Gasteiger partial charge in [-0.15, -0.1) is 0 Å². The second-order valence-electron chi connectivity index (χ2n) is 11.0. The summed E-state index contributed by atoms with van der Waals surface area (Å²) in [4.78, 5) is 11.2. The molecule has 1 aliphatic carbocycles. The van der Waals surface area contributed by atoms with Crippen molar-refractivity contribution in [3.05, 3.63) is 69.8 Å². The number of benzene rings is 2. The van der Waals surface area contributed by atoms with Gasteiger partial charge in [0.1, 0.15) is 0 Å². The van der Waals surface area contributed by atoms with E-state index in [-0.39, 0.29) is 10.8 Å². The van der Waals surface area contributed by atoms with Crippen LogP contribution < -0.4 is 0 Å². The Morgan fingerprint density at radius 1 is 1.06 bits per heavy atom. The number of aryl methyl sites for hydroxylation is 1. The van der Waals surface area contributed by atoms with Gasteiger partial charge in [-0.05, 0) is 88.0 Å². The molecule has 1 N–H and O–H groups in total. The summed E-state index contributed by atoms with van der Waals surface area (Å²) < 4.78 is 0.